The number of unbranched alkanes of at least 4 members (excludes halogenated alkanes) is 41. The Bertz CT molecular complexity index is 1840. The van der Waals surface area contributed by atoms with Crippen molar-refractivity contribution in [2.24, 2.45) is 17.8 Å². The highest BCUT2D eigenvalue weighted by atomic mass is 31.2. The molecule has 0 fully saturated rings. The third-order valence-corrected chi connectivity index (χ3v) is 19.3. The molecule has 558 valence electrons. The number of hydrogen-bond donors (Lipinski definition) is 3. The second-order valence-electron chi connectivity index (χ2n) is 28.5. The van der Waals surface area contributed by atoms with Crippen molar-refractivity contribution in [1.82, 2.24) is 0 Å². The van der Waals surface area contributed by atoms with E-state index >= 15 is 0 Å². The van der Waals surface area contributed by atoms with Crippen LogP contribution in [0.5, 0.6) is 0 Å². The minimum absolute atomic E-state index is 0.103. The van der Waals surface area contributed by atoms with E-state index in [1.165, 1.54) is 193 Å². The summed E-state index contributed by atoms with van der Waals surface area (Å²) in [5, 5.41) is 10.6. The first-order chi connectivity index (χ1) is 45.2. The SMILES string of the molecule is CCCCCCCCCCCC(=O)OC[C@H](COP(=O)(O)OC[C@H](O)COP(=O)(O)OC[C@@H](COC(=O)CCCCCCCCCCCCCC(C)C)OC(=O)CCCCCCCCCCCCCCCCCCCCC(C)C)OC(=O)CCCCCCCCCC(C)C. The third-order valence-electron chi connectivity index (χ3n) is 17.4. The van der Waals surface area contributed by atoms with E-state index in [0.717, 1.165) is 102 Å². The fourth-order valence-electron chi connectivity index (χ4n) is 11.4. The molecule has 0 rings (SSSR count). The molecule has 2 unspecified atom stereocenters. The van der Waals surface area contributed by atoms with Crippen LogP contribution in [0, 0.1) is 17.8 Å². The molecule has 5 atom stereocenters. The number of esters is 4. The van der Waals surface area contributed by atoms with Gasteiger partial charge in [0.1, 0.15) is 19.3 Å². The largest absolute Gasteiger partial charge is 0.472 e. The summed E-state index contributed by atoms with van der Waals surface area (Å²) < 4.78 is 68.4. The second-order valence-corrected chi connectivity index (χ2v) is 31.4. The van der Waals surface area contributed by atoms with E-state index in [0.29, 0.717) is 31.6 Å². The summed E-state index contributed by atoms with van der Waals surface area (Å²) in [6.07, 6.45) is 51.6. The zero-order chi connectivity index (χ0) is 69.4. The maximum atomic E-state index is 13.1. The smallest absolute Gasteiger partial charge is 0.462 e. The van der Waals surface area contributed by atoms with Gasteiger partial charge in [0.2, 0.25) is 0 Å². The molecule has 0 aliphatic carbocycles. The zero-order valence-electron chi connectivity index (χ0n) is 61.4. The number of aliphatic hydroxyl groups is 1. The number of carbonyl (C=O) groups is 4. The predicted molar refractivity (Wildman–Crippen MR) is 381 cm³/mol. The van der Waals surface area contributed by atoms with Crippen molar-refractivity contribution in [3.8, 4) is 0 Å². The van der Waals surface area contributed by atoms with Gasteiger partial charge in [0.25, 0.3) is 0 Å². The van der Waals surface area contributed by atoms with Gasteiger partial charge in [-0.25, -0.2) is 9.13 Å². The Morgan fingerprint density at radius 3 is 0.723 bits per heavy atom. The average Bonchev–Trinajstić information content (AvgIpc) is 2.26. The van der Waals surface area contributed by atoms with Crippen LogP contribution in [0.2, 0.25) is 0 Å². The van der Waals surface area contributed by atoms with Gasteiger partial charge in [0.05, 0.1) is 26.4 Å². The summed E-state index contributed by atoms with van der Waals surface area (Å²) in [7, 11) is -9.91. The minimum atomic E-state index is -4.96. The highest BCUT2D eigenvalue weighted by molar-refractivity contribution is 7.47. The lowest BCUT2D eigenvalue weighted by Crippen LogP contribution is -2.30. The molecule has 94 heavy (non-hydrogen) atoms. The Morgan fingerprint density at radius 2 is 0.489 bits per heavy atom. The van der Waals surface area contributed by atoms with Crippen LogP contribution in [0.15, 0.2) is 0 Å². The van der Waals surface area contributed by atoms with Crippen molar-refractivity contribution < 1.29 is 80.2 Å². The lowest BCUT2D eigenvalue weighted by molar-refractivity contribution is -0.161. The van der Waals surface area contributed by atoms with E-state index < -0.39 is 97.5 Å². The number of phosphoric acid groups is 2. The molecule has 0 aliphatic heterocycles. The highest BCUT2D eigenvalue weighted by Gasteiger charge is 2.30. The van der Waals surface area contributed by atoms with E-state index in [2.05, 4.69) is 48.5 Å². The molecule has 0 saturated carbocycles. The summed E-state index contributed by atoms with van der Waals surface area (Å²) in [6.45, 7) is 11.8. The van der Waals surface area contributed by atoms with Crippen molar-refractivity contribution in [2.45, 2.75) is 401 Å². The van der Waals surface area contributed by atoms with Gasteiger partial charge in [0, 0.05) is 25.7 Å². The van der Waals surface area contributed by atoms with Crippen molar-refractivity contribution >= 4 is 39.5 Å². The molecule has 0 saturated heterocycles. The maximum absolute atomic E-state index is 13.1. The Morgan fingerprint density at radius 1 is 0.287 bits per heavy atom. The van der Waals surface area contributed by atoms with E-state index in [-0.39, 0.29) is 25.7 Å². The number of ether oxygens (including phenoxy) is 4. The van der Waals surface area contributed by atoms with Crippen LogP contribution in [0.4, 0.5) is 0 Å². The molecule has 0 radical (unpaired) electrons. The topological polar surface area (TPSA) is 237 Å². The molecule has 0 amide bonds. The fraction of sp³-hybridized carbons (Fsp3) is 0.947. The van der Waals surface area contributed by atoms with Crippen molar-refractivity contribution in [3.63, 3.8) is 0 Å². The summed E-state index contributed by atoms with van der Waals surface area (Å²) in [4.78, 5) is 72.6. The van der Waals surface area contributed by atoms with Crippen LogP contribution in [-0.2, 0) is 65.4 Å². The molecule has 3 N–H and O–H groups in total. The Hall–Kier alpha value is -1.94. The Labute approximate surface area is 575 Å². The van der Waals surface area contributed by atoms with Gasteiger partial charge in [0.15, 0.2) is 12.2 Å². The quantitative estimate of drug-likeness (QED) is 0.0222. The minimum Gasteiger partial charge on any atom is -0.462 e. The first-order valence-corrected chi connectivity index (χ1v) is 41.8. The van der Waals surface area contributed by atoms with Gasteiger partial charge in [-0.2, -0.15) is 0 Å². The summed E-state index contributed by atoms with van der Waals surface area (Å²) in [5.74, 6) is 0.164. The fourth-order valence-corrected chi connectivity index (χ4v) is 13.0. The lowest BCUT2D eigenvalue weighted by atomic mass is 10.0. The van der Waals surface area contributed by atoms with Crippen LogP contribution in [0.25, 0.3) is 0 Å². The first kappa shape index (κ1) is 92.1. The van der Waals surface area contributed by atoms with Crippen molar-refractivity contribution in [2.75, 3.05) is 39.6 Å². The number of hydrogen-bond acceptors (Lipinski definition) is 15. The molecule has 0 aromatic carbocycles. The third kappa shape index (κ3) is 68.6. The van der Waals surface area contributed by atoms with Gasteiger partial charge >= 0.3 is 39.5 Å². The number of aliphatic hydroxyl groups excluding tert-OH is 1. The standard InChI is InChI=1S/C75H146O17P2/c1-8-9-10-11-12-26-35-42-49-56-72(77)85-63-71(92-75(80)59-52-45-38-31-34-41-48-55-68(6)7)65-90-94(83,84)88-61-69(76)60-87-93(81,82)89-64-70(62-86-73(78)57-50-43-36-29-25-21-23-28-33-40-47-54-67(4)5)91-74(79)58-51-44-37-30-24-20-18-16-14-13-15-17-19-22-27-32-39-46-53-66(2)3/h66-71,76H,8-65H2,1-7H3,(H,81,82)(H,83,84)/t69-,70-,71-/m1/s1. The van der Waals surface area contributed by atoms with Gasteiger partial charge in [-0.15, -0.1) is 0 Å². The zero-order valence-corrected chi connectivity index (χ0v) is 63.2. The second kappa shape index (κ2) is 65.7. The summed E-state index contributed by atoms with van der Waals surface area (Å²) >= 11 is 0. The molecule has 0 aliphatic rings. The maximum Gasteiger partial charge on any atom is 0.472 e. The van der Waals surface area contributed by atoms with Crippen LogP contribution in [-0.4, -0.2) is 96.7 Å². The molecule has 0 aromatic heterocycles. The normalized spacial score (nSPS) is 14.1. The van der Waals surface area contributed by atoms with E-state index in [9.17, 15) is 43.2 Å². The highest BCUT2D eigenvalue weighted by Crippen LogP contribution is 2.45. The molecule has 19 heteroatoms. The van der Waals surface area contributed by atoms with Crippen LogP contribution in [0.1, 0.15) is 382 Å². The monoisotopic (exact) mass is 1380 g/mol. The van der Waals surface area contributed by atoms with Crippen LogP contribution >= 0.6 is 15.6 Å². The van der Waals surface area contributed by atoms with E-state index in [4.69, 9.17) is 37.0 Å². The molecule has 0 spiro atoms. The van der Waals surface area contributed by atoms with Gasteiger partial charge < -0.3 is 33.8 Å². The van der Waals surface area contributed by atoms with Gasteiger partial charge in [-0.1, -0.05) is 331 Å². The molecular weight excluding hydrogens is 1230 g/mol. The molecule has 0 bridgehead atoms. The Kier molecular flexibility index (Phi) is 64.3. The number of rotatable bonds is 73. The van der Waals surface area contributed by atoms with E-state index in [1.807, 2.05) is 0 Å². The lowest BCUT2D eigenvalue weighted by Gasteiger charge is -2.21. The number of carbonyl (C=O) groups excluding carboxylic acids is 4. The van der Waals surface area contributed by atoms with Gasteiger partial charge in [-0.3, -0.25) is 37.3 Å². The van der Waals surface area contributed by atoms with Crippen molar-refractivity contribution in [1.29, 1.82) is 0 Å². The van der Waals surface area contributed by atoms with Crippen LogP contribution < -0.4 is 0 Å². The number of phosphoric ester groups is 2. The Balaban J connectivity index is 5.18. The summed E-state index contributed by atoms with van der Waals surface area (Å²) in [6, 6.07) is 0. The molecular formula is C75H146O17P2. The summed E-state index contributed by atoms with van der Waals surface area (Å²) in [5.41, 5.74) is 0. The average molecular weight is 1380 g/mol. The van der Waals surface area contributed by atoms with Crippen LogP contribution in [0.3, 0.4) is 0 Å². The molecule has 0 heterocycles. The predicted octanol–water partition coefficient (Wildman–Crippen LogP) is 21.8. The van der Waals surface area contributed by atoms with E-state index in [1.54, 1.807) is 0 Å². The molecule has 17 nitrogen and oxygen atoms in total. The van der Waals surface area contributed by atoms with Gasteiger partial charge in [-0.05, 0) is 43.4 Å². The first-order valence-electron chi connectivity index (χ1n) is 38.8. The molecule has 0 aromatic rings. The van der Waals surface area contributed by atoms with Crippen molar-refractivity contribution in [3.05, 3.63) is 0 Å².